The van der Waals surface area contributed by atoms with E-state index in [2.05, 4.69) is 15.6 Å². The fraction of sp³-hybridized carbons (Fsp3) is 0.474. The molecule has 1 aliphatic heterocycles. The summed E-state index contributed by atoms with van der Waals surface area (Å²) in [6.45, 7) is 6.21. The minimum atomic E-state index is -0.606. The summed E-state index contributed by atoms with van der Waals surface area (Å²) in [5.41, 5.74) is 3.10. The Hall–Kier alpha value is -2.61. The Labute approximate surface area is 168 Å². The summed E-state index contributed by atoms with van der Waals surface area (Å²) in [5.74, 6) is -0.296. The molecule has 0 aliphatic carbocycles. The fourth-order valence-corrected chi connectivity index (χ4v) is 3.45. The van der Waals surface area contributed by atoms with Crippen LogP contribution in [0.15, 0.2) is 28.9 Å². The van der Waals surface area contributed by atoms with E-state index in [0.29, 0.717) is 29.4 Å². The van der Waals surface area contributed by atoms with Crippen LogP contribution in [0.25, 0.3) is 0 Å². The van der Waals surface area contributed by atoms with Gasteiger partial charge in [0, 0.05) is 24.9 Å². The number of halogens is 1. The summed E-state index contributed by atoms with van der Waals surface area (Å²) in [6.07, 6.45) is 2.72. The van der Waals surface area contributed by atoms with E-state index in [1.165, 1.54) is 6.20 Å². The van der Waals surface area contributed by atoms with Crippen molar-refractivity contribution in [2.45, 2.75) is 45.6 Å². The zero-order valence-corrected chi connectivity index (χ0v) is 16.8. The van der Waals surface area contributed by atoms with Crippen molar-refractivity contribution in [3.8, 4) is 5.88 Å². The van der Waals surface area contributed by atoms with Crippen LogP contribution >= 0.6 is 11.6 Å². The number of amides is 2. The maximum absolute atomic E-state index is 13.2. The van der Waals surface area contributed by atoms with E-state index in [1.54, 1.807) is 23.1 Å². The molecule has 8 nitrogen and oxygen atoms in total. The van der Waals surface area contributed by atoms with Crippen molar-refractivity contribution in [1.29, 1.82) is 0 Å². The van der Waals surface area contributed by atoms with Gasteiger partial charge in [0.05, 0.1) is 10.7 Å². The SMILES string of the molecule is Cc1cc(C(C(=O)N2CCCC2C(=O)NOc2ccc(Cl)cn2)C(C)C)on1. The van der Waals surface area contributed by atoms with Gasteiger partial charge in [-0.15, -0.1) is 0 Å². The number of hydrogen-bond donors (Lipinski definition) is 1. The predicted molar refractivity (Wildman–Crippen MR) is 102 cm³/mol. The molecule has 2 amide bonds. The van der Waals surface area contributed by atoms with E-state index >= 15 is 0 Å². The van der Waals surface area contributed by atoms with Gasteiger partial charge in [-0.25, -0.2) is 4.98 Å². The lowest BCUT2D eigenvalue weighted by molar-refractivity contribution is -0.143. The summed E-state index contributed by atoms with van der Waals surface area (Å²) < 4.78 is 5.34. The molecule has 9 heteroatoms. The van der Waals surface area contributed by atoms with Gasteiger partial charge in [-0.1, -0.05) is 30.6 Å². The van der Waals surface area contributed by atoms with Gasteiger partial charge in [0.25, 0.3) is 5.91 Å². The third-order valence-corrected chi connectivity index (χ3v) is 4.90. The molecular formula is C19H23ClN4O4. The Bertz CT molecular complexity index is 837. The first-order valence-electron chi connectivity index (χ1n) is 9.18. The topological polar surface area (TPSA) is 97.6 Å². The third-order valence-electron chi connectivity index (χ3n) is 4.68. The summed E-state index contributed by atoms with van der Waals surface area (Å²) in [7, 11) is 0. The van der Waals surface area contributed by atoms with Crippen molar-refractivity contribution < 1.29 is 18.9 Å². The summed E-state index contributed by atoms with van der Waals surface area (Å²) in [4.78, 5) is 36.6. The second kappa shape index (κ2) is 8.60. The number of rotatable bonds is 6. The molecule has 1 saturated heterocycles. The van der Waals surface area contributed by atoms with Crippen molar-refractivity contribution >= 4 is 23.4 Å². The molecule has 2 aromatic rings. The first-order valence-corrected chi connectivity index (χ1v) is 9.56. The average molecular weight is 407 g/mol. The Morgan fingerprint density at radius 3 is 2.79 bits per heavy atom. The first-order chi connectivity index (χ1) is 13.4. The molecule has 28 heavy (non-hydrogen) atoms. The van der Waals surface area contributed by atoms with Crippen LogP contribution in [-0.4, -0.2) is 39.4 Å². The van der Waals surface area contributed by atoms with Gasteiger partial charge in [-0.3, -0.25) is 9.59 Å². The van der Waals surface area contributed by atoms with Gasteiger partial charge < -0.3 is 14.3 Å². The molecule has 0 spiro atoms. The number of nitrogens with one attached hydrogen (secondary N) is 1. The number of nitrogens with zero attached hydrogens (tertiary/aromatic N) is 3. The van der Waals surface area contributed by atoms with Crippen LogP contribution in [0.5, 0.6) is 5.88 Å². The second-order valence-corrected chi connectivity index (χ2v) is 7.60. The number of likely N-dealkylation sites (tertiary alicyclic amines) is 1. The zero-order chi connectivity index (χ0) is 20.3. The molecule has 0 saturated carbocycles. The minimum Gasteiger partial charge on any atom is -0.360 e. The summed E-state index contributed by atoms with van der Waals surface area (Å²) in [5, 5.41) is 4.36. The van der Waals surface area contributed by atoms with Gasteiger partial charge in [-0.05, 0) is 31.7 Å². The number of aryl methyl sites for hydroxylation is 1. The van der Waals surface area contributed by atoms with Gasteiger partial charge in [0.1, 0.15) is 17.7 Å². The van der Waals surface area contributed by atoms with Crippen molar-refractivity contribution in [3.05, 3.63) is 40.9 Å². The lowest BCUT2D eigenvalue weighted by atomic mass is 9.91. The van der Waals surface area contributed by atoms with Crippen LogP contribution in [-0.2, 0) is 9.59 Å². The Morgan fingerprint density at radius 2 is 2.18 bits per heavy atom. The van der Waals surface area contributed by atoms with E-state index in [9.17, 15) is 9.59 Å². The standard InChI is InChI=1S/C19H23ClN4O4/c1-11(2)17(15-9-12(3)22-27-15)19(26)24-8-4-5-14(24)18(25)23-28-16-7-6-13(20)10-21-16/h6-7,9-11,14,17H,4-5,8H2,1-3H3,(H,23,25). The summed E-state index contributed by atoms with van der Waals surface area (Å²) >= 11 is 5.78. The molecule has 2 aromatic heterocycles. The molecule has 0 radical (unpaired) electrons. The molecule has 3 heterocycles. The van der Waals surface area contributed by atoms with Gasteiger partial charge in [0.15, 0.2) is 0 Å². The number of aromatic nitrogens is 2. The highest BCUT2D eigenvalue weighted by molar-refractivity contribution is 6.30. The van der Waals surface area contributed by atoms with Crippen molar-refractivity contribution in [1.82, 2.24) is 20.5 Å². The van der Waals surface area contributed by atoms with Crippen molar-refractivity contribution in [2.24, 2.45) is 5.92 Å². The molecule has 0 aromatic carbocycles. The number of hydroxylamine groups is 1. The highest BCUT2D eigenvalue weighted by atomic mass is 35.5. The van der Waals surface area contributed by atoms with Crippen molar-refractivity contribution in [2.75, 3.05) is 6.54 Å². The minimum absolute atomic E-state index is 0.00122. The lowest BCUT2D eigenvalue weighted by Gasteiger charge is -2.28. The van der Waals surface area contributed by atoms with Gasteiger partial charge >= 0.3 is 0 Å². The molecule has 2 unspecified atom stereocenters. The molecule has 3 rings (SSSR count). The van der Waals surface area contributed by atoms with Crippen LogP contribution in [0.3, 0.4) is 0 Å². The van der Waals surface area contributed by atoms with Gasteiger partial charge in [-0.2, -0.15) is 5.48 Å². The Morgan fingerprint density at radius 1 is 1.39 bits per heavy atom. The molecule has 150 valence electrons. The highest BCUT2D eigenvalue weighted by Gasteiger charge is 2.40. The van der Waals surface area contributed by atoms with Crippen LogP contribution in [0.2, 0.25) is 5.02 Å². The quantitative estimate of drug-likeness (QED) is 0.741. The smallest absolute Gasteiger partial charge is 0.275 e. The zero-order valence-electron chi connectivity index (χ0n) is 16.0. The van der Waals surface area contributed by atoms with Crippen LogP contribution in [0.1, 0.15) is 44.1 Å². The monoisotopic (exact) mass is 406 g/mol. The maximum Gasteiger partial charge on any atom is 0.275 e. The Balaban J connectivity index is 1.69. The molecule has 1 fully saturated rings. The van der Waals surface area contributed by atoms with Crippen molar-refractivity contribution in [3.63, 3.8) is 0 Å². The summed E-state index contributed by atoms with van der Waals surface area (Å²) in [6, 6.07) is 4.31. The molecule has 0 bridgehead atoms. The molecular weight excluding hydrogens is 384 g/mol. The molecule has 1 aliphatic rings. The van der Waals surface area contributed by atoms with E-state index in [4.69, 9.17) is 21.0 Å². The van der Waals surface area contributed by atoms with Gasteiger partial charge in [0.2, 0.25) is 11.8 Å². The molecule has 2 atom stereocenters. The number of pyridine rings is 1. The number of carbonyl (C=O) groups excluding carboxylic acids is 2. The fourth-order valence-electron chi connectivity index (χ4n) is 3.34. The van der Waals surface area contributed by atoms with E-state index in [1.807, 2.05) is 20.8 Å². The highest BCUT2D eigenvalue weighted by Crippen LogP contribution is 2.30. The van der Waals surface area contributed by atoms with E-state index in [-0.39, 0.29) is 23.6 Å². The normalized spacial score (nSPS) is 17.6. The third kappa shape index (κ3) is 4.44. The van der Waals surface area contributed by atoms with Crippen LogP contribution in [0.4, 0.5) is 0 Å². The molecule has 1 N–H and O–H groups in total. The van der Waals surface area contributed by atoms with Crippen LogP contribution in [0, 0.1) is 12.8 Å². The first kappa shape index (κ1) is 20.1. The average Bonchev–Trinajstić information content (AvgIpc) is 3.30. The van der Waals surface area contributed by atoms with Crippen LogP contribution < -0.4 is 10.3 Å². The Kier molecular flexibility index (Phi) is 6.18. The maximum atomic E-state index is 13.2. The van der Waals surface area contributed by atoms with E-state index in [0.717, 1.165) is 6.42 Å². The predicted octanol–water partition coefficient (Wildman–Crippen LogP) is 2.87. The lowest BCUT2D eigenvalue weighted by Crippen LogP contribution is -2.48. The largest absolute Gasteiger partial charge is 0.360 e. The number of hydrogen-bond acceptors (Lipinski definition) is 6. The number of carbonyl (C=O) groups is 2. The van der Waals surface area contributed by atoms with E-state index < -0.39 is 12.0 Å². The second-order valence-electron chi connectivity index (χ2n) is 7.17.